The first-order valence-electron chi connectivity index (χ1n) is 5.01. The molecule has 2 rings (SSSR count). The number of nitrogens with one attached hydrogen (secondary N) is 3. The molecule has 1 aliphatic heterocycles. The van der Waals surface area contributed by atoms with Crippen molar-refractivity contribution in [2.75, 3.05) is 18.5 Å². The Balaban J connectivity index is 1.99. The third-order valence-electron chi connectivity index (χ3n) is 2.54. The second kappa shape index (κ2) is 4.42. The van der Waals surface area contributed by atoms with E-state index < -0.39 is 17.5 Å². The predicted molar refractivity (Wildman–Crippen MR) is 56.5 cm³/mol. The van der Waals surface area contributed by atoms with Gasteiger partial charge in [-0.3, -0.25) is 5.10 Å². The van der Waals surface area contributed by atoms with Crippen LogP contribution in [0.15, 0.2) is 12.4 Å². The average molecular weight is 240 g/mol. The van der Waals surface area contributed by atoms with Gasteiger partial charge in [0.1, 0.15) is 0 Å². The Morgan fingerprint density at radius 2 is 2.41 bits per heavy atom. The largest absolute Gasteiger partial charge is 0.479 e. The van der Waals surface area contributed by atoms with Crippen LogP contribution >= 0.6 is 0 Å². The molecule has 0 radical (unpaired) electrons. The Hall–Kier alpha value is -2.09. The number of hydrogen-bond donors (Lipinski definition) is 4. The van der Waals surface area contributed by atoms with Crippen molar-refractivity contribution < 1.29 is 19.4 Å². The van der Waals surface area contributed by atoms with Gasteiger partial charge in [0.25, 0.3) is 0 Å². The molecule has 2 amide bonds. The lowest BCUT2D eigenvalue weighted by molar-refractivity contribution is -0.144. The van der Waals surface area contributed by atoms with E-state index in [4.69, 9.17) is 9.84 Å². The zero-order chi connectivity index (χ0) is 12.3. The molecule has 1 aromatic rings. The molecule has 92 valence electrons. The number of aliphatic carboxylic acids is 1. The molecule has 17 heavy (non-hydrogen) atoms. The number of carboxylic acid groups (broad SMARTS) is 1. The maximum absolute atomic E-state index is 11.6. The number of aromatic amines is 1. The summed E-state index contributed by atoms with van der Waals surface area (Å²) in [5.74, 6) is -1.10. The minimum atomic E-state index is -1.34. The summed E-state index contributed by atoms with van der Waals surface area (Å²) in [5.41, 5.74) is -0.879. The maximum Gasteiger partial charge on any atom is 0.332 e. The van der Waals surface area contributed by atoms with E-state index >= 15 is 0 Å². The van der Waals surface area contributed by atoms with Crippen molar-refractivity contribution in [2.24, 2.45) is 0 Å². The smallest absolute Gasteiger partial charge is 0.332 e. The van der Waals surface area contributed by atoms with Gasteiger partial charge in [0.15, 0.2) is 5.54 Å². The van der Waals surface area contributed by atoms with Crippen molar-refractivity contribution in [1.82, 2.24) is 15.5 Å². The number of aromatic nitrogens is 2. The molecule has 2 heterocycles. The van der Waals surface area contributed by atoms with Gasteiger partial charge in [0.05, 0.1) is 18.5 Å². The quantitative estimate of drug-likeness (QED) is 0.582. The second-order valence-corrected chi connectivity index (χ2v) is 3.76. The summed E-state index contributed by atoms with van der Waals surface area (Å²) in [4.78, 5) is 22.7. The molecule has 8 nitrogen and oxygen atoms in total. The van der Waals surface area contributed by atoms with Crippen molar-refractivity contribution >= 4 is 17.7 Å². The standard InChI is InChI=1S/C9H12N4O4/c14-7(15)9(1-2-17-5-9)13-8(16)12-6-3-10-11-4-6/h3-4H,1-2,5H2,(H,10,11)(H,14,15)(H2,12,13,16). The molecule has 1 fully saturated rings. The number of carbonyl (C=O) groups excluding carboxylic acids is 1. The third-order valence-corrected chi connectivity index (χ3v) is 2.54. The molecule has 4 N–H and O–H groups in total. The molecular weight excluding hydrogens is 228 g/mol. The molecule has 1 atom stereocenters. The van der Waals surface area contributed by atoms with Gasteiger partial charge in [-0.1, -0.05) is 0 Å². The Kier molecular flexibility index (Phi) is 2.96. The number of amides is 2. The Labute approximate surface area is 96.3 Å². The minimum Gasteiger partial charge on any atom is -0.479 e. The fraction of sp³-hybridized carbons (Fsp3) is 0.444. The lowest BCUT2D eigenvalue weighted by atomic mass is 9.99. The van der Waals surface area contributed by atoms with E-state index in [0.717, 1.165) is 0 Å². The highest BCUT2D eigenvalue weighted by molar-refractivity contribution is 5.93. The Morgan fingerprint density at radius 1 is 1.59 bits per heavy atom. The zero-order valence-corrected chi connectivity index (χ0v) is 8.90. The van der Waals surface area contributed by atoms with Crippen LogP contribution in [0.1, 0.15) is 6.42 Å². The molecule has 0 bridgehead atoms. The van der Waals surface area contributed by atoms with Crippen molar-refractivity contribution in [3.8, 4) is 0 Å². The highest BCUT2D eigenvalue weighted by Crippen LogP contribution is 2.19. The van der Waals surface area contributed by atoms with Crippen LogP contribution in [0, 0.1) is 0 Å². The number of ether oxygens (including phenoxy) is 1. The van der Waals surface area contributed by atoms with Crippen molar-refractivity contribution in [3.63, 3.8) is 0 Å². The maximum atomic E-state index is 11.6. The van der Waals surface area contributed by atoms with Crippen LogP contribution in [0.2, 0.25) is 0 Å². The van der Waals surface area contributed by atoms with E-state index in [2.05, 4.69) is 20.8 Å². The molecule has 8 heteroatoms. The number of nitrogens with zero attached hydrogens (tertiary/aromatic N) is 1. The van der Waals surface area contributed by atoms with Gasteiger partial charge in [0, 0.05) is 19.2 Å². The van der Waals surface area contributed by atoms with E-state index in [-0.39, 0.29) is 13.0 Å². The first-order valence-corrected chi connectivity index (χ1v) is 5.01. The average Bonchev–Trinajstić information content (AvgIpc) is 2.89. The van der Waals surface area contributed by atoms with E-state index in [1.165, 1.54) is 12.4 Å². The summed E-state index contributed by atoms with van der Waals surface area (Å²) in [5, 5.41) is 20.2. The molecule has 0 aliphatic carbocycles. The number of H-pyrrole nitrogens is 1. The number of rotatable bonds is 3. The Bertz CT molecular complexity index is 411. The summed E-state index contributed by atoms with van der Waals surface area (Å²) in [6.07, 6.45) is 3.15. The lowest BCUT2D eigenvalue weighted by Crippen LogP contribution is -2.56. The third kappa shape index (κ3) is 2.36. The van der Waals surface area contributed by atoms with Crippen LogP contribution in [0.5, 0.6) is 0 Å². The zero-order valence-electron chi connectivity index (χ0n) is 8.90. The predicted octanol–water partition coefficient (Wildman–Crippen LogP) is -0.225. The summed E-state index contributed by atoms with van der Waals surface area (Å²) < 4.78 is 5.02. The molecule has 1 saturated heterocycles. The highest BCUT2D eigenvalue weighted by Gasteiger charge is 2.44. The fourth-order valence-electron chi connectivity index (χ4n) is 1.58. The number of carbonyl (C=O) groups is 2. The van der Waals surface area contributed by atoms with E-state index in [0.29, 0.717) is 12.3 Å². The number of hydrogen-bond acceptors (Lipinski definition) is 4. The van der Waals surface area contributed by atoms with Crippen LogP contribution in [-0.4, -0.2) is 46.1 Å². The first kappa shape index (κ1) is 11.4. The van der Waals surface area contributed by atoms with Crippen LogP contribution in [0.3, 0.4) is 0 Å². The van der Waals surface area contributed by atoms with Gasteiger partial charge in [0.2, 0.25) is 0 Å². The molecule has 0 saturated carbocycles. The SMILES string of the molecule is O=C(Nc1cn[nH]c1)NC1(C(=O)O)CCOC1. The molecule has 1 aliphatic rings. The monoisotopic (exact) mass is 240 g/mol. The van der Waals surface area contributed by atoms with E-state index in [1.807, 2.05) is 0 Å². The Morgan fingerprint density at radius 3 is 2.94 bits per heavy atom. The number of anilines is 1. The van der Waals surface area contributed by atoms with Gasteiger partial charge in [-0.25, -0.2) is 9.59 Å². The lowest BCUT2D eigenvalue weighted by Gasteiger charge is -2.23. The summed E-state index contributed by atoms with van der Waals surface area (Å²) in [6.45, 7) is 0.291. The van der Waals surface area contributed by atoms with Crippen LogP contribution < -0.4 is 10.6 Å². The van der Waals surface area contributed by atoms with Gasteiger partial charge in [-0.05, 0) is 0 Å². The van der Waals surface area contributed by atoms with E-state index in [9.17, 15) is 9.59 Å². The van der Waals surface area contributed by atoms with Crippen molar-refractivity contribution in [2.45, 2.75) is 12.0 Å². The van der Waals surface area contributed by atoms with Gasteiger partial charge in [-0.2, -0.15) is 5.10 Å². The first-order chi connectivity index (χ1) is 8.12. The molecular formula is C9H12N4O4. The van der Waals surface area contributed by atoms with Gasteiger partial charge >= 0.3 is 12.0 Å². The summed E-state index contributed by atoms with van der Waals surface area (Å²) in [6, 6.07) is -0.598. The summed E-state index contributed by atoms with van der Waals surface area (Å²) >= 11 is 0. The van der Waals surface area contributed by atoms with Crippen LogP contribution in [-0.2, 0) is 9.53 Å². The van der Waals surface area contributed by atoms with E-state index in [1.54, 1.807) is 0 Å². The van der Waals surface area contributed by atoms with Crippen molar-refractivity contribution in [1.29, 1.82) is 0 Å². The summed E-state index contributed by atoms with van der Waals surface area (Å²) in [7, 11) is 0. The van der Waals surface area contributed by atoms with Crippen LogP contribution in [0.25, 0.3) is 0 Å². The second-order valence-electron chi connectivity index (χ2n) is 3.76. The van der Waals surface area contributed by atoms with Gasteiger partial charge in [-0.15, -0.1) is 0 Å². The topological polar surface area (TPSA) is 116 Å². The number of urea groups is 1. The highest BCUT2D eigenvalue weighted by atomic mass is 16.5. The molecule has 0 spiro atoms. The molecule has 1 unspecified atom stereocenters. The van der Waals surface area contributed by atoms with Crippen LogP contribution in [0.4, 0.5) is 10.5 Å². The van der Waals surface area contributed by atoms with Crippen molar-refractivity contribution in [3.05, 3.63) is 12.4 Å². The number of carboxylic acids is 1. The normalized spacial score (nSPS) is 23.3. The molecule has 1 aromatic heterocycles. The minimum absolute atomic E-state index is 0.0266. The van der Waals surface area contributed by atoms with Gasteiger partial charge < -0.3 is 20.5 Å². The molecule has 0 aromatic carbocycles. The fourth-order valence-corrected chi connectivity index (χ4v) is 1.58.